The molecule has 1 aromatic carbocycles. The third-order valence-electron chi connectivity index (χ3n) is 3.71. The fourth-order valence-corrected chi connectivity index (χ4v) is 3.28. The number of aromatic nitrogens is 1. The van der Waals surface area contributed by atoms with Crippen LogP contribution in [0.25, 0.3) is 11.1 Å². The van der Waals surface area contributed by atoms with Crippen LogP contribution in [0.1, 0.15) is 24.1 Å². The molecule has 1 atom stereocenters. The SMILES string of the molecule is C[C@@H](NS(N)(=O)=O)c1ccc(-c2ccnc3c2CC(=O)N3)cc1. The first-order valence-corrected chi connectivity index (χ1v) is 8.56. The highest BCUT2D eigenvalue weighted by atomic mass is 32.2. The van der Waals surface area contributed by atoms with Crippen LogP contribution in [0.3, 0.4) is 0 Å². The fraction of sp³-hybridized carbons (Fsp3) is 0.200. The maximum absolute atomic E-state index is 11.5. The quantitative estimate of drug-likeness (QED) is 0.777. The number of pyridine rings is 1. The van der Waals surface area contributed by atoms with Crippen molar-refractivity contribution in [2.24, 2.45) is 5.14 Å². The molecule has 0 fully saturated rings. The molecule has 0 spiro atoms. The summed E-state index contributed by atoms with van der Waals surface area (Å²) in [4.78, 5) is 15.7. The van der Waals surface area contributed by atoms with Gasteiger partial charge in [-0.25, -0.2) is 10.1 Å². The second kappa shape index (κ2) is 5.73. The van der Waals surface area contributed by atoms with Crippen molar-refractivity contribution in [3.63, 3.8) is 0 Å². The van der Waals surface area contributed by atoms with E-state index in [-0.39, 0.29) is 5.91 Å². The van der Waals surface area contributed by atoms with E-state index < -0.39 is 16.3 Å². The van der Waals surface area contributed by atoms with Gasteiger partial charge in [0.1, 0.15) is 5.82 Å². The van der Waals surface area contributed by atoms with Gasteiger partial charge >= 0.3 is 0 Å². The number of carbonyl (C=O) groups is 1. The van der Waals surface area contributed by atoms with Gasteiger partial charge in [-0.2, -0.15) is 13.1 Å². The molecule has 3 rings (SSSR count). The van der Waals surface area contributed by atoms with Crippen molar-refractivity contribution in [3.8, 4) is 11.1 Å². The van der Waals surface area contributed by atoms with Crippen LogP contribution in [0.15, 0.2) is 36.5 Å². The number of nitrogens with two attached hydrogens (primary N) is 1. The lowest BCUT2D eigenvalue weighted by Crippen LogP contribution is -2.32. The lowest BCUT2D eigenvalue weighted by molar-refractivity contribution is -0.115. The molecule has 2 aromatic rings. The number of amides is 1. The number of anilines is 1. The van der Waals surface area contributed by atoms with E-state index in [2.05, 4.69) is 15.0 Å². The Kier molecular flexibility index (Phi) is 3.88. The Bertz CT molecular complexity index is 863. The molecule has 1 aliphatic rings. The average Bonchev–Trinajstić information content (AvgIpc) is 2.85. The predicted molar refractivity (Wildman–Crippen MR) is 86.7 cm³/mol. The first kappa shape index (κ1) is 15.6. The van der Waals surface area contributed by atoms with Crippen molar-refractivity contribution in [1.82, 2.24) is 9.71 Å². The van der Waals surface area contributed by atoms with Crippen LogP contribution >= 0.6 is 0 Å². The normalized spacial score (nSPS) is 15.1. The minimum Gasteiger partial charge on any atom is -0.310 e. The Labute approximate surface area is 134 Å². The zero-order valence-corrected chi connectivity index (χ0v) is 13.2. The number of nitrogens with one attached hydrogen (secondary N) is 2. The minimum absolute atomic E-state index is 0.0671. The van der Waals surface area contributed by atoms with Crippen molar-refractivity contribution >= 4 is 21.9 Å². The van der Waals surface area contributed by atoms with E-state index in [0.29, 0.717) is 12.2 Å². The third-order valence-corrected chi connectivity index (χ3v) is 4.40. The Balaban J connectivity index is 1.90. The summed E-state index contributed by atoms with van der Waals surface area (Å²) in [5.74, 6) is 0.531. The summed E-state index contributed by atoms with van der Waals surface area (Å²) >= 11 is 0. The molecule has 0 saturated heterocycles. The molecule has 1 aromatic heterocycles. The van der Waals surface area contributed by atoms with E-state index in [1.54, 1.807) is 13.1 Å². The van der Waals surface area contributed by atoms with Crippen LogP contribution in [0.5, 0.6) is 0 Å². The summed E-state index contributed by atoms with van der Waals surface area (Å²) in [6.07, 6.45) is 1.96. The van der Waals surface area contributed by atoms with E-state index in [1.807, 2.05) is 30.3 Å². The Morgan fingerprint density at radius 1 is 1.26 bits per heavy atom. The van der Waals surface area contributed by atoms with Gasteiger partial charge in [0.25, 0.3) is 10.2 Å². The number of fused-ring (bicyclic) bond motifs is 1. The molecule has 23 heavy (non-hydrogen) atoms. The molecule has 7 nitrogen and oxygen atoms in total. The van der Waals surface area contributed by atoms with Gasteiger partial charge in [-0.15, -0.1) is 0 Å². The van der Waals surface area contributed by atoms with Crippen LogP contribution in [-0.4, -0.2) is 19.3 Å². The van der Waals surface area contributed by atoms with Crippen molar-refractivity contribution in [1.29, 1.82) is 0 Å². The highest BCUT2D eigenvalue weighted by molar-refractivity contribution is 7.87. The van der Waals surface area contributed by atoms with Crippen LogP contribution in [0.2, 0.25) is 0 Å². The van der Waals surface area contributed by atoms with Crippen molar-refractivity contribution in [2.75, 3.05) is 5.32 Å². The Morgan fingerprint density at radius 2 is 1.96 bits per heavy atom. The van der Waals surface area contributed by atoms with E-state index in [0.717, 1.165) is 22.3 Å². The van der Waals surface area contributed by atoms with Gasteiger partial charge in [0.2, 0.25) is 5.91 Å². The summed E-state index contributed by atoms with van der Waals surface area (Å²) in [6, 6.07) is 8.86. The summed E-state index contributed by atoms with van der Waals surface area (Å²) in [5.41, 5.74) is 3.54. The van der Waals surface area contributed by atoms with Gasteiger partial charge < -0.3 is 5.32 Å². The second-order valence-corrected chi connectivity index (χ2v) is 6.74. The van der Waals surface area contributed by atoms with Crippen LogP contribution in [-0.2, 0) is 21.4 Å². The zero-order chi connectivity index (χ0) is 16.6. The topological polar surface area (TPSA) is 114 Å². The summed E-state index contributed by atoms with van der Waals surface area (Å²) in [6.45, 7) is 1.71. The summed E-state index contributed by atoms with van der Waals surface area (Å²) in [5, 5.41) is 7.71. The molecule has 1 aliphatic heterocycles. The second-order valence-electron chi connectivity index (χ2n) is 5.42. The van der Waals surface area contributed by atoms with E-state index >= 15 is 0 Å². The molecule has 4 N–H and O–H groups in total. The Hall–Kier alpha value is -2.29. The highest BCUT2D eigenvalue weighted by Gasteiger charge is 2.22. The molecule has 0 saturated carbocycles. The summed E-state index contributed by atoms with van der Waals surface area (Å²) < 4.78 is 24.5. The summed E-state index contributed by atoms with van der Waals surface area (Å²) in [7, 11) is -3.75. The van der Waals surface area contributed by atoms with Crippen molar-refractivity contribution in [3.05, 3.63) is 47.7 Å². The van der Waals surface area contributed by atoms with Gasteiger partial charge in [-0.3, -0.25) is 4.79 Å². The lowest BCUT2D eigenvalue weighted by Gasteiger charge is -2.13. The molecular weight excluding hydrogens is 316 g/mol. The number of carbonyl (C=O) groups excluding carboxylic acids is 1. The van der Waals surface area contributed by atoms with Crippen LogP contribution < -0.4 is 15.2 Å². The van der Waals surface area contributed by atoms with Crippen molar-refractivity contribution in [2.45, 2.75) is 19.4 Å². The monoisotopic (exact) mass is 332 g/mol. The molecule has 0 aliphatic carbocycles. The molecular formula is C15H16N4O3S. The largest absolute Gasteiger partial charge is 0.310 e. The van der Waals surface area contributed by atoms with E-state index in [9.17, 15) is 13.2 Å². The molecule has 0 bridgehead atoms. The number of hydrogen-bond acceptors (Lipinski definition) is 4. The third kappa shape index (κ3) is 3.39. The highest BCUT2D eigenvalue weighted by Crippen LogP contribution is 2.32. The first-order chi connectivity index (χ1) is 10.8. The molecule has 0 unspecified atom stereocenters. The van der Waals surface area contributed by atoms with E-state index in [4.69, 9.17) is 5.14 Å². The van der Waals surface area contributed by atoms with Gasteiger partial charge in [0.05, 0.1) is 6.42 Å². The smallest absolute Gasteiger partial charge is 0.274 e. The van der Waals surface area contributed by atoms with Crippen LogP contribution in [0.4, 0.5) is 5.82 Å². The van der Waals surface area contributed by atoms with Crippen LogP contribution in [0, 0.1) is 0 Å². The molecule has 1 amide bonds. The Morgan fingerprint density at radius 3 is 2.61 bits per heavy atom. The minimum atomic E-state index is -3.75. The van der Waals surface area contributed by atoms with Gasteiger partial charge in [0, 0.05) is 17.8 Å². The molecule has 120 valence electrons. The van der Waals surface area contributed by atoms with Gasteiger partial charge in [-0.05, 0) is 29.7 Å². The predicted octanol–water partition coefficient (Wildman–Crippen LogP) is 1.10. The first-order valence-electron chi connectivity index (χ1n) is 7.01. The maximum atomic E-state index is 11.5. The van der Waals surface area contributed by atoms with Crippen molar-refractivity contribution < 1.29 is 13.2 Å². The molecule has 8 heteroatoms. The number of hydrogen-bond donors (Lipinski definition) is 3. The van der Waals surface area contributed by atoms with Gasteiger partial charge in [0.15, 0.2) is 0 Å². The number of nitrogens with zero attached hydrogens (tertiary/aromatic N) is 1. The fourth-order valence-electron chi connectivity index (χ4n) is 2.65. The zero-order valence-electron chi connectivity index (χ0n) is 12.4. The van der Waals surface area contributed by atoms with Gasteiger partial charge in [-0.1, -0.05) is 24.3 Å². The number of rotatable bonds is 4. The molecule has 0 radical (unpaired) electrons. The standard InChI is InChI=1S/C15H16N4O3S/c1-9(19-23(16,21)22)10-2-4-11(5-3-10)12-6-7-17-15-13(12)8-14(20)18-15/h2-7,9,19H,8H2,1H3,(H2,16,21,22)(H,17,18,20)/t9-/m1/s1. The van der Waals surface area contributed by atoms with E-state index in [1.165, 1.54) is 0 Å². The lowest BCUT2D eigenvalue weighted by atomic mass is 9.98. The molecule has 2 heterocycles. The number of benzene rings is 1. The maximum Gasteiger partial charge on any atom is 0.274 e. The average molecular weight is 332 g/mol.